The van der Waals surface area contributed by atoms with Crippen LogP contribution in [0, 0.1) is 5.92 Å². The second kappa shape index (κ2) is 2.79. The lowest BCUT2D eigenvalue weighted by atomic mass is 9.94. The maximum Gasteiger partial charge on any atom is 0.275 e. The van der Waals surface area contributed by atoms with Crippen molar-refractivity contribution in [3.8, 4) is 0 Å². The predicted molar refractivity (Wildman–Crippen MR) is 47.6 cm³/mol. The van der Waals surface area contributed by atoms with Gasteiger partial charge in [0, 0.05) is 4.48 Å². The highest BCUT2D eigenvalue weighted by molar-refractivity contribution is 9.11. The molecule has 0 saturated carbocycles. The van der Waals surface area contributed by atoms with Gasteiger partial charge in [-0.05, 0) is 11.6 Å². The predicted octanol–water partition coefficient (Wildman–Crippen LogP) is 2.33. The van der Waals surface area contributed by atoms with Crippen LogP contribution in [0.3, 0.4) is 0 Å². The normalized spacial score (nSPS) is 26.4. The zero-order valence-corrected chi connectivity index (χ0v) is 7.65. The number of nitrogens with zero attached hydrogens (tertiary/aromatic N) is 2. The topological polar surface area (TPSA) is 41.8 Å². The summed E-state index contributed by atoms with van der Waals surface area (Å²) in [6, 6.07) is 0. The van der Waals surface area contributed by atoms with Gasteiger partial charge < -0.3 is 0 Å². The van der Waals surface area contributed by atoms with Crippen LogP contribution in [-0.4, -0.2) is 5.91 Å². The monoisotopic (exact) mass is 224 g/mol. The lowest BCUT2D eigenvalue weighted by molar-refractivity contribution is -0.120. The molecule has 4 heteroatoms. The molecule has 1 aliphatic heterocycles. The van der Waals surface area contributed by atoms with E-state index in [4.69, 9.17) is 0 Å². The fraction of sp³-hybridized carbons (Fsp3) is 0.125. The molecule has 12 heavy (non-hydrogen) atoms. The number of carbonyl (C=O) groups is 1. The van der Waals surface area contributed by atoms with Crippen molar-refractivity contribution in [3.05, 3.63) is 34.5 Å². The molecule has 1 heterocycles. The quantitative estimate of drug-likeness (QED) is 0.623. The van der Waals surface area contributed by atoms with E-state index >= 15 is 0 Å². The smallest absolute Gasteiger partial charge is 0.270 e. The van der Waals surface area contributed by atoms with Crippen LogP contribution < -0.4 is 0 Å². The van der Waals surface area contributed by atoms with E-state index in [1.54, 1.807) is 6.20 Å². The summed E-state index contributed by atoms with van der Waals surface area (Å²) in [5.74, 6) is -0.413. The number of hydrogen-bond acceptors (Lipinski definition) is 2. The molecule has 0 aromatic rings. The summed E-state index contributed by atoms with van der Waals surface area (Å²) in [6.45, 7) is 0. The van der Waals surface area contributed by atoms with Crippen molar-refractivity contribution in [3.63, 3.8) is 0 Å². The third-order valence-electron chi connectivity index (χ3n) is 1.74. The molecule has 0 radical (unpaired) electrons. The third-order valence-corrected chi connectivity index (χ3v) is 2.23. The largest absolute Gasteiger partial charge is 0.275 e. The second-order valence-electron chi connectivity index (χ2n) is 2.55. The first-order valence-corrected chi connectivity index (χ1v) is 4.27. The molecular formula is C8H5BrN2O. The molecule has 0 aromatic carbocycles. The minimum Gasteiger partial charge on any atom is -0.270 e. The summed E-state index contributed by atoms with van der Waals surface area (Å²) < 4.78 is 0.954. The Hall–Kier alpha value is -1.03. The molecule has 1 aliphatic carbocycles. The van der Waals surface area contributed by atoms with Gasteiger partial charge in [-0.1, -0.05) is 28.1 Å². The van der Waals surface area contributed by atoms with Crippen molar-refractivity contribution in [1.82, 2.24) is 0 Å². The second-order valence-corrected chi connectivity index (χ2v) is 3.46. The van der Waals surface area contributed by atoms with Gasteiger partial charge in [0.15, 0.2) is 0 Å². The number of rotatable bonds is 0. The molecule has 3 nitrogen and oxygen atoms in total. The molecule has 1 amide bonds. The Balaban J connectivity index is 2.43. The molecule has 0 fully saturated rings. The van der Waals surface area contributed by atoms with Crippen LogP contribution in [0.4, 0.5) is 0 Å². The van der Waals surface area contributed by atoms with Crippen LogP contribution in [0.2, 0.25) is 0 Å². The van der Waals surface area contributed by atoms with Crippen LogP contribution in [0.25, 0.3) is 0 Å². The first-order chi connectivity index (χ1) is 5.77. The molecular weight excluding hydrogens is 220 g/mol. The highest BCUT2D eigenvalue weighted by Crippen LogP contribution is 2.28. The Morgan fingerprint density at radius 1 is 1.50 bits per heavy atom. The molecule has 1 unspecified atom stereocenters. The van der Waals surface area contributed by atoms with E-state index in [0.29, 0.717) is 0 Å². The summed E-state index contributed by atoms with van der Waals surface area (Å²) in [5.41, 5.74) is 0.893. The number of azo groups is 1. The number of hydrogen-bond donors (Lipinski definition) is 0. The molecule has 0 spiro atoms. The molecule has 60 valence electrons. The highest BCUT2D eigenvalue weighted by atomic mass is 79.9. The summed E-state index contributed by atoms with van der Waals surface area (Å²) >= 11 is 3.32. The van der Waals surface area contributed by atoms with Crippen molar-refractivity contribution < 1.29 is 4.79 Å². The Morgan fingerprint density at radius 2 is 2.33 bits per heavy atom. The fourth-order valence-corrected chi connectivity index (χ4v) is 1.57. The van der Waals surface area contributed by atoms with E-state index < -0.39 is 0 Å². The SMILES string of the molecule is O=C1N=NC=C2C=C(Br)C=CC12. The minimum absolute atomic E-state index is 0.194. The van der Waals surface area contributed by atoms with E-state index in [1.807, 2.05) is 18.2 Å². The van der Waals surface area contributed by atoms with Gasteiger partial charge in [0.2, 0.25) is 0 Å². The molecule has 0 aromatic heterocycles. The van der Waals surface area contributed by atoms with Gasteiger partial charge in [0.05, 0.1) is 12.1 Å². The number of fused-ring (bicyclic) bond motifs is 1. The van der Waals surface area contributed by atoms with Gasteiger partial charge in [-0.25, -0.2) is 0 Å². The summed E-state index contributed by atoms with van der Waals surface area (Å²) in [7, 11) is 0. The molecule has 0 N–H and O–H groups in total. The summed E-state index contributed by atoms with van der Waals surface area (Å²) in [5, 5.41) is 7.04. The van der Waals surface area contributed by atoms with E-state index in [2.05, 4.69) is 26.2 Å². The number of halogens is 1. The number of carbonyl (C=O) groups excluding carboxylic acids is 1. The standard InChI is InChI=1S/C8H5BrN2O/c9-6-1-2-7-5(3-6)4-10-11-8(7)12/h1-4,7H. The third kappa shape index (κ3) is 1.18. The van der Waals surface area contributed by atoms with Crippen LogP contribution in [-0.2, 0) is 4.79 Å². The van der Waals surface area contributed by atoms with Crippen molar-refractivity contribution in [2.24, 2.45) is 16.1 Å². The molecule has 0 bridgehead atoms. The van der Waals surface area contributed by atoms with Gasteiger partial charge in [0.25, 0.3) is 5.91 Å². The van der Waals surface area contributed by atoms with Crippen LogP contribution in [0.1, 0.15) is 0 Å². The lowest BCUT2D eigenvalue weighted by Crippen LogP contribution is -2.15. The minimum atomic E-state index is -0.219. The zero-order valence-electron chi connectivity index (χ0n) is 6.07. The first-order valence-electron chi connectivity index (χ1n) is 3.47. The number of amides is 1. The van der Waals surface area contributed by atoms with Gasteiger partial charge in [-0.2, -0.15) is 5.11 Å². The van der Waals surface area contributed by atoms with Crippen molar-refractivity contribution >= 4 is 21.8 Å². The van der Waals surface area contributed by atoms with Crippen molar-refractivity contribution in [1.29, 1.82) is 0 Å². The van der Waals surface area contributed by atoms with Crippen LogP contribution >= 0.6 is 15.9 Å². The van der Waals surface area contributed by atoms with Crippen LogP contribution in [0.15, 0.2) is 44.7 Å². The highest BCUT2D eigenvalue weighted by Gasteiger charge is 2.23. The van der Waals surface area contributed by atoms with Gasteiger partial charge >= 0.3 is 0 Å². The number of allylic oxidation sites excluding steroid dienone is 3. The maximum atomic E-state index is 11.1. The Morgan fingerprint density at radius 3 is 3.17 bits per heavy atom. The van der Waals surface area contributed by atoms with Crippen molar-refractivity contribution in [2.75, 3.05) is 0 Å². The Labute approximate surface area is 77.7 Å². The Kier molecular flexibility index (Phi) is 1.77. The van der Waals surface area contributed by atoms with Gasteiger partial charge in [-0.15, -0.1) is 5.11 Å². The molecule has 2 rings (SSSR count). The van der Waals surface area contributed by atoms with E-state index in [-0.39, 0.29) is 11.8 Å². The first kappa shape index (κ1) is 7.61. The van der Waals surface area contributed by atoms with Gasteiger partial charge in [-0.3, -0.25) is 4.79 Å². The maximum absolute atomic E-state index is 11.1. The van der Waals surface area contributed by atoms with E-state index in [1.165, 1.54) is 0 Å². The molecule has 0 saturated heterocycles. The summed E-state index contributed by atoms with van der Waals surface area (Å²) in [6.07, 6.45) is 7.15. The molecule has 1 atom stereocenters. The molecule has 2 aliphatic rings. The van der Waals surface area contributed by atoms with Gasteiger partial charge in [0.1, 0.15) is 0 Å². The average molecular weight is 225 g/mol. The summed E-state index contributed by atoms with van der Waals surface area (Å²) in [4.78, 5) is 11.1. The lowest BCUT2D eigenvalue weighted by Gasteiger charge is -2.15. The van der Waals surface area contributed by atoms with E-state index in [0.717, 1.165) is 10.1 Å². The van der Waals surface area contributed by atoms with Crippen LogP contribution in [0.5, 0.6) is 0 Å². The zero-order chi connectivity index (χ0) is 8.55. The van der Waals surface area contributed by atoms with Crippen molar-refractivity contribution in [2.45, 2.75) is 0 Å². The average Bonchev–Trinajstić information content (AvgIpc) is 2.04. The van der Waals surface area contributed by atoms with E-state index in [9.17, 15) is 4.79 Å². The Bertz CT molecular complexity index is 352. The fourth-order valence-electron chi connectivity index (χ4n) is 1.15.